The summed E-state index contributed by atoms with van der Waals surface area (Å²) < 4.78 is 0.453. The van der Waals surface area contributed by atoms with Gasteiger partial charge in [0.05, 0.1) is 10.8 Å². The average molecular weight is 344 g/mol. The highest BCUT2D eigenvalue weighted by molar-refractivity contribution is 9.10. The first-order chi connectivity index (χ1) is 9.32. The number of carbonyl (C=O) groups is 2. The Bertz CT molecular complexity index is 618. The average Bonchev–Trinajstić information content (AvgIpc) is 2.74. The van der Waals surface area contributed by atoms with Gasteiger partial charge in [-0.15, -0.1) is 0 Å². The lowest BCUT2D eigenvalue weighted by atomic mass is 10.1. The minimum Gasteiger partial charge on any atom is -0.481 e. The van der Waals surface area contributed by atoms with Gasteiger partial charge in [-0.3, -0.25) is 24.6 Å². The van der Waals surface area contributed by atoms with E-state index >= 15 is 0 Å². The Morgan fingerprint density at radius 1 is 1.65 bits per heavy atom. The molecule has 9 heteroatoms. The lowest BCUT2D eigenvalue weighted by Crippen LogP contribution is -2.27. The molecular weight excluding hydrogens is 334 g/mol. The van der Waals surface area contributed by atoms with Crippen molar-refractivity contribution in [2.24, 2.45) is 5.92 Å². The first-order valence-electron chi connectivity index (χ1n) is 5.65. The minimum absolute atomic E-state index is 0.107. The molecule has 0 radical (unpaired) electrons. The Labute approximate surface area is 121 Å². The molecule has 1 atom stereocenters. The maximum atomic E-state index is 11.8. The van der Waals surface area contributed by atoms with Gasteiger partial charge in [-0.25, -0.2) is 4.98 Å². The number of nitro groups is 1. The largest absolute Gasteiger partial charge is 0.481 e. The van der Waals surface area contributed by atoms with Crippen molar-refractivity contribution in [2.75, 3.05) is 11.4 Å². The molecule has 1 aliphatic heterocycles. The Hall–Kier alpha value is -2.03. The highest BCUT2D eigenvalue weighted by atomic mass is 79.9. The SMILES string of the molecule is Cc1c(Br)cnc(N2CC(C(=O)O)CC2=O)c1[N+](=O)[O-]. The van der Waals surface area contributed by atoms with Gasteiger partial charge in [0.25, 0.3) is 0 Å². The molecule has 1 saturated heterocycles. The Kier molecular flexibility index (Phi) is 3.71. The fourth-order valence-electron chi connectivity index (χ4n) is 2.05. The number of pyridine rings is 1. The molecule has 8 nitrogen and oxygen atoms in total. The van der Waals surface area contributed by atoms with Crippen LogP contribution in [-0.2, 0) is 9.59 Å². The van der Waals surface area contributed by atoms with Crippen molar-refractivity contribution >= 4 is 39.3 Å². The van der Waals surface area contributed by atoms with Crippen LogP contribution < -0.4 is 4.90 Å². The third-order valence-electron chi connectivity index (χ3n) is 3.14. The van der Waals surface area contributed by atoms with Gasteiger partial charge in [-0.2, -0.15) is 0 Å². The number of carboxylic acids is 1. The number of halogens is 1. The molecule has 0 saturated carbocycles. The minimum atomic E-state index is -1.10. The van der Waals surface area contributed by atoms with Gasteiger partial charge in [0, 0.05) is 29.2 Å². The van der Waals surface area contributed by atoms with Crippen LogP contribution in [0.2, 0.25) is 0 Å². The molecule has 1 aromatic heterocycles. The van der Waals surface area contributed by atoms with Crippen LogP contribution in [-0.4, -0.2) is 33.4 Å². The molecule has 1 unspecified atom stereocenters. The summed E-state index contributed by atoms with van der Waals surface area (Å²) in [5.74, 6) is -2.55. The first kappa shape index (κ1) is 14.4. The molecule has 106 valence electrons. The van der Waals surface area contributed by atoms with Gasteiger partial charge in [0.15, 0.2) is 0 Å². The van der Waals surface area contributed by atoms with E-state index in [1.165, 1.54) is 13.1 Å². The number of rotatable bonds is 3. The summed E-state index contributed by atoms with van der Waals surface area (Å²) in [6.45, 7) is 1.42. The number of hydrogen-bond acceptors (Lipinski definition) is 5. The third-order valence-corrected chi connectivity index (χ3v) is 3.94. The molecule has 0 aliphatic carbocycles. The number of nitrogens with zero attached hydrogens (tertiary/aromatic N) is 3. The molecular formula is C11H10BrN3O5. The summed E-state index contributed by atoms with van der Waals surface area (Å²) >= 11 is 3.14. The van der Waals surface area contributed by atoms with E-state index in [0.717, 1.165) is 4.90 Å². The number of hydrogen-bond donors (Lipinski definition) is 1. The van der Waals surface area contributed by atoms with E-state index in [2.05, 4.69) is 20.9 Å². The summed E-state index contributed by atoms with van der Waals surface area (Å²) in [5, 5.41) is 20.1. The van der Waals surface area contributed by atoms with E-state index < -0.39 is 22.7 Å². The van der Waals surface area contributed by atoms with Crippen molar-refractivity contribution in [1.29, 1.82) is 0 Å². The number of aliphatic carboxylic acids is 1. The summed E-state index contributed by atoms with van der Waals surface area (Å²) in [5.41, 5.74) is 0.0466. The molecule has 2 heterocycles. The third kappa shape index (κ3) is 2.36. The van der Waals surface area contributed by atoms with Crippen molar-refractivity contribution < 1.29 is 19.6 Å². The zero-order valence-corrected chi connectivity index (χ0v) is 12.0. The second-order valence-corrected chi connectivity index (χ2v) is 5.26. The molecule has 0 aromatic carbocycles. The van der Waals surface area contributed by atoms with Crippen molar-refractivity contribution in [2.45, 2.75) is 13.3 Å². The van der Waals surface area contributed by atoms with Crippen LogP contribution in [0.4, 0.5) is 11.5 Å². The quantitative estimate of drug-likeness (QED) is 0.657. The van der Waals surface area contributed by atoms with Gasteiger partial charge < -0.3 is 5.11 Å². The Balaban J connectivity index is 2.49. The standard InChI is InChI=1S/C11H10BrN3O5/c1-5-7(12)3-13-10(9(5)15(19)20)14-4-6(11(17)18)2-8(14)16/h3,6H,2,4H2,1H3,(H,17,18). The fraction of sp³-hybridized carbons (Fsp3) is 0.364. The van der Waals surface area contributed by atoms with Crippen LogP contribution >= 0.6 is 15.9 Å². The zero-order valence-electron chi connectivity index (χ0n) is 10.4. The number of amides is 1. The fourth-order valence-corrected chi connectivity index (χ4v) is 2.34. The van der Waals surface area contributed by atoms with E-state index in [-0.39, 0.29) is 24.5 Å². The summed E-state index contributed by atoms with van der Waals surface area (Å²) in [6.07, 6.45) is 1.18. The van der Waals surface area contributed by atoms with Crippen LogP contribution in [0.1, 0.15) is 12.0 Å². The van der Waals surface area contributed by atoms with Gasteiger partial charge in [-0.1, -0.05) is 0 Å². The maximum absolute atomic E-state index is 11.8. The summed E-state index contributed by atoms with van der Waals surface area (Å²) in [7, 11) is 0. The van der Waals surface area contributed by atoms with Crippen LogP contribution in [0.3, 0.4) is 0 Å². The molecule has 1 amide bonds. The summed E-state index contributed by atoms with van der Waals surface area (Å²) in [6, 6.07) is 0. The van der Waals surface area contributed by atoms with E-state index in [1.807, 2.05) is 0 Å². The predicted octanol–water partition coefficient (Wildman–Crippen LogP) is 1.50. The Morgan fingerprint density at radius 2 is 2.30 bits per heavy atom. The normalized spacial score (nSPS) is 18.4. The second-order valence-electron chi connectivity index (χ2n) is 4.40. The van der Waals surface area contributed by atoms with Crippen molar-refractivity contribution in [3.05, 3.63) is 26.3 Å². The monoisotopic (exact) mass is 343 g/mol. The van der Waals surface area contributed by atoms with E-state index in [0.29, 0.717) is 10.0 Å². The lowest BCUT2D eigenvalue weighted by molar-refractivity contribution is -0.384. The van der Waals surface area contributed by atoms with Gasteiger partial charge in [0.1, 0.15) is 0 Å². The molecule has 20 heavy (non-hydrogen) atoms. The van der Waals surface area contributed by atoms with Gasteiger partial charge in [0.2, 0.25) is 11.7 Å². The molecule has 1 aromatic rings. The van der Waals surface area contributed by atoms with Gasteiger partial charge in [-0.05, 0) is 22.9 Å². The lowest BCUT2D eigenvalue weighted by Gasteiger charge is -2.16. The Morgan fingerprint density at radius 3 is 2.80 bits per heavy atom. The number of anilines is 1. The van der Waals surface area contributed by atoms with Crippen LogP contribution in [0.5, 0.6) is 0 Å². The zero-order chi connectivity index (χ0) is 15.0. The highest BCUT2D eigenvalue weighted by Gasteiger charge is 2.39. The number of aromatic nitrogens is 1. The van der Waals surface area contributed by atoms with Crippen molar-refractivity contribution in [3.63, 3.8) is 0 Å². The molecule has 0 bridgehead atoms. The highest BCUT2D eigenvalue weighted by Crippen LogP contribution is 2.36. The second kappa shape index (κ2) is 5.16. The van der Waals surface area contributed by atoms with Gasteiger partial charge >= 0.3 is 11.7 Å². The number of carbonyl (C=O) groups excluding carboxylic acids is 1. The smallest absolute Gasteiger partial charge is 0.316 e. The van der Waals surface area contributed by atoms with E-state index in [9.17, 15) is 19.7 Å². The summed E-state index contributed by atoms with van der Waals surface area (Å²) in [4.78, 5) is 38.3. The van der Waals surface area contributed by atoms with Crippen molar-refractivity contribution in [1.82, 2.24) is 4.98 Å². The predicted molar refractivity (Wildman–Crippen MR) is 71.4 cm³/mol. The molecule has 0 spiro atoms. The van der Waals surface area contributed by atoms with E-state index in [4.69, 9.17) is 5.11 Å². The molecule has 1 N–H and O–H groups in total. The topological polar surface area (TPSA) is 114 Å². The molecule has 1 fully saturated rings. The van der Waals surface area contributed by atoms with Crippen LogP contribution in [0.25, 0.3) is 0 Å². The van der Waals surface area contributed by atoms with Crippen LogP contribution in [0, 0.1) is 23.0 Å². The van der Waals surface area contributed by atoms with E-state index in [1.54, 1.807) is 0 Å². The molecule has 1 aliphatic rings. The maximum Gasteiger partial charge on any atom is 0.316 e. The van der Waals surface area contributed by atoms with Crippen LogP contribution in [0.15, 0.2) is 10.7 Å². The number of carboxylic acid groups (broad SMARTS) is 1. The van der Waals surface area contributed by atoms with Crippen molar-refractivity contribution in [3.8, 4) is 0 Å². The molecule has 2 rings (SSSR count). The first-order valence-corrected chi connectivity index (χ1v) is 6.45.